The number of benzene rings is 3. The Hall–Kier alpha value is -4.69. The number of thiazole rings is 1. The lowest BCUT2D eigenvalue weighted by Crippen LogP contribution is -2.38. The van der Waals surface area contributed by atoms with Gasteiger partial charge in [0.1, 0.15) is 6.61 Å². The molecule has 0 saturated heterocycles. The zero-order valence-corrected chi connectivity index (χ0v) is 23.6. The smallest absolute Gasteiger partial charge is 0.337 e. The summed E-state index contributed by atoms with van der Waals surface area (Å²) in [6.45, 7) is 4.05. The monoisotopic (exact) mass is 564 g/mol. The number of carbonyl (C=O) groups excluding carboxylic acids is 1. The van der Waals surface area contributed by atoms with Crippen LogP contribution >= 0.6 is 11.3 Å². The molecule has 0 fully saturated rings. The van der Waals surface area contributed by atoms with Gasteiger partial charge in [-0.05, 0) is 65.4 Å². The molecule has 2 aliphatic rings. The van der Waals surface area contributed by atoms with Gasteiger partial charge in [0.05, 0.1) is 36.1 Å². The maximum Gasteiger partial charge on any atom is 0.337 e. The molecule has 3 aromatic carbocycles. The highest BCUT2D eigenvalue weighted by molar-refractivity contribution is 7.07. The van der Waals surface area contributed by atoms with Crippen LogP contribution in [0.25, 0.3) is 11.8 Å². The van der Waals surface area contributed by atoms with Gasteiger partial charge < -0.3 is 14.2 Å². The van der Waals surface area contributed by atoms with E-state index in [9.17, 15) is 9.59 Å². The summed E-state index contributed by atoms with van der Waals surface area (Å²) < 4.78 is 18.4. The number of fused-ring (bicyclic) bond motifs is 3. The first-order valence-corrected chi connectivity index (χ1v) is 14.1. The maximum absolute atomic E-state index is 14.0. The van der Waals surface area contributed by atoms with E-state index in [1.54, 1.807) is 29.9 Å². The summed E-state index contributed by atoms with van der Waals surface area (Å²) in [5.74, 6) is 0.778. The molecule has 6 rings (SSSR count). The van der Waals surface area contributed by atoms with Crippen LogP contribution in [-0.4, -0.2) is 31.4 Å². The third kappa shape index (κ3) is 4.80. The molecular formula is C33H28N2O5S. The number of allylic oxidation sites excluding steroid dienone is 1. The van der Waals surface area contributed by atoms with Gasteiger partial charge in [0.15, 0.2) is 16.3 Å². The Morgan fingerprint density at radius 3 is 2.63 bits per heavy atom. The summed E-state index contributed by atoms with van der Waals surface area (Å²) in [6, 6.07) is 20.8. The number of nitrogens with zero attached hydrogens (tertiary/aromatic N) is 2. The predicted molar refractivity (Wildman–Crippen MR) is 159 cm³/mol. The first-order chi connectivity index (χ1) is 20.0. The zero-order valence-electron chi connectivity index (χ0n) is 22.8. The van der Waals surface area contributed by atoms with Crippen molar-refractivity contribution >= 4 is 29.1 Å². The number of esters is 1. The molecule has 0 spiro atoms. The molecule has 0 bridgehead atoms. The van der Waals surface area contributed by atoms with Crippen molar-refractivity contribution in [1.82, 2.24) is 4.57 Å². The third-order valence-electron chi connectivity index (χ3n) is 7.36. The highest BCUT2D eigenvalue weighted by Crippen LogP contribution is 2.41. The zero-order chi connectivity index (χ0) is 28.5. The summed E-state index contributed by atoms with van der Waals surface area (Å²) in [4.78, 5) is 31.8. The minimum Gasteiger partial charge on any atom is -0.493 e. The molecular weight excluding hydrogens is 536 g/mol. The molecule has 0 saturated carbocycles. The van der Waals surface area contributed by atoms with E-state index in [-0.39, 0.29) is 11.6 Å². The predicted octanol–water partition coefficient (Wildman–Crippen LogP) is 4.68. The van der Waals surface area contributed by atoms with E-state index in [0.29, 0.717) is 33.0 Å². The topological polar surface area (TPSA) is 79.1 Å². The second-order valence-electron chi connectivity index (χ2n) is 9.74. The van der Waals surface area contributed by atoms with Crippen LogP contribution in [0.4, 0.5) is 0 Å². The van der Waals surface area contributed by atoms with Crippen LogP contribution in [0.1, 0.15) is 45.1 Å². The Balaban J connectivity index is 1.52. The molecule has 1 aliphatic carbocycles. The molecule has 1 atom stereocenters. The van der Waals surface area contributed by atoms with E-state index in [4.69, 9.17) is 19.2 Å². The van der Waals surface area contributed by atoms with Gasteiger partial charge in [-0.3, -0.25) is 9.36 Å². The fourth-order valence-electron chi connectivity index (χ4n) is 5.43. The average Bonchev–Trinajstić information content (AvgIpc) is 3.32. The number of carbonyl (C=O) groups is 1. The van der Waals surface area contributed by atoms with Gasteiger partial charge in [0, 0.05) is 5.56 Å². The SMILES string of the molecule is C=CCOc1ccc(C=c2sc3n(c2=O)C(c2ccc(C(=O)OC)cc2)C2=C(N=3)c3ccccc3CC2)cc1OC. The third-order valence-corrected chi connectivity index (χ3v) is 8.35. The Labute approximate surface area is 241 Å². The molecule has 2 heterocycles. The maximum atomic E-state index is 14.0. The number of methoxy groups -OCH3 is 2. The summed E-state index contributed by atoms with van der Waals surface area (Å²) >= 11 is 1.36. The van der Waals surface area contributed by atoms with Crippen molar-refractivity contribution in [3.63, 3.8) is 0 Å². The van der Waals surface area contributed by atoms with E-state index in [0.717, 1.165) is 40.8 Å². The van der Waals surface area contributed by atoms with Crippen LogP contribution in [0.3, 0.4) is 0 Å². The lowest BCUT2D eigenvalue weighted by Gasteiger charge is -2.30. The molecule has 0 radical (unpaired) electrons. The molecule has 41 heavy (non-hydrogen) atoms. The van der Waals surface area contributed by atoms with Crippen molar-refractivity contribution in [3.8, 4) is 11.5 Å². The molecule has 0 N–H and O–H groups in total. The number of hydrogen-bond acceptors (Lipinski definition) is 7. The molecule has 4 aromatic rings. The first kappa shape index (κ1) is 26.5. The molecule has 7 nitrogen and oxygen atoms in total. The summed E-state index contributed by atoms with van der Waals surface area (Å²) in [5, 5.41) is 0. The quantitative estimate of drug-likeness (QED) is 0.241. The largest absolute Gasteiger partial charge is 0.493 e. The standard InChI is InChI=1S/C33H28N2O5S/c1-4-17-40-26-16-9-20(18-27(26)38-2)19-28-31(36)35-30(22-10-12-23(13-11-22)32(37)39-3)25-15-14-21-7-5-6-8-24(21)29(25)34-33(35)41-28/h4-13,16,18-19,30H,1,14-15,17H2,2-3H3. The van der Waals surface area contributed by atoms with E-state index in [2.05, 4.69) is 18.7 Å². The molecule has 1 aliphatic heterocycles. The highest BCUT2D eigenvalue weighted by Gasteiger charge is 2.32. The Morgan fingerprint density at radius 2 is 1.88 bits per heavy atom. The van der Waals surface area contributed by atoms with Crippen LogP contribution in [0, 0.1) is 0 Å². The molecule has 1 unspecified atom stereocenters. The van der Waals surface area contributed by atoms with Crippen LogP contribution in [0.5, 0.6) is 11.5 Å². The van der Waals surface area contributed by atoms with Gasteiger partial charge in [-0.25, -0.2) is 9.79 Å². The van der Waals surface area contributed by atoms with Crippen LogP contribution in [0.2, 0.25) is 0 Å². The van der Waals surface area contributed by atoms with E-state index in [1.165, 1.54) is 24.0 Å². The summed E-state index contributed by atoms with van der Waals surface area (Å²) in [5.41, 5.74) is 6.44. The van der Waals surface area contributed by atoms with Crippen molar-refractivity contribution in [3.05, 3.63) is 132 Å². The van der Waals surface area contributed by atoms with Crippen molar-refractivity contribution in [2.75, 3.05) is 20.8 Å². The van der Waals surface area contributed by atoms with Crippen molar-refractivity contribution in [2.45, 2.75) is 18.9 Å². The lowest BCUT2D eigenvalue weighted by molar-refractivity contribution is 0.0600. The number of hydrogen-bond donors (Lipinski definition) is 0. The molecule has 206 valence electrons. The van der Waals surface area contributed by atoms with Gasteiger partial charge in [0.25, 0.3) is 5.56 Å². The minimum atomic E-state index is -0.400. The van der Waals surface area contributed by atoms with Crippen molar-refractivity contribution < 1.29 is 19.0 Å². The van der Waals surface area contributed by atoms with E-state index < -0.39 is 5.97 Å². The minimum absolute atomic E-state index is 0.118. The summed E-state index contributed by atoms with van der Waals surface area (Å²) in [7, 11) is 2.95. The Morgan fingerprint density at radius 1 is 1.07 bits per heavy atom. The number of rotatable bonds is 7. The van der Waals surface area contributed by atoms with Crippen LogP contribution in [-0.2, 0) is 11.2 Å². The average molecular weight is 565 g/mol. The van der Waals surface area contributed by atoms with Gasteiger partial charge in [-0.1, -0.05) is 66.5 Å². The fourth-order valence-corrected chi connectivity index (χ4v) is 6.44. The Kier molecular flexibility index (Phi) is 7.15. The van der Waals surface area contributed by atoms with Gasteiger partial charge >= 0.3 is 5.97 Å². The number of ether oxygens (including phenoxy) is 3. The normalized spacial score (nSPS) is 15.8. The van der Waals surface area contributed by atoms with Crippen molar-refractivity contribution in [2.24, 2.45) is 4.99 Å². The van der Waals surface area contributed by atoms with Gasteiger partial charge in [0.2, 0.25) is 0 Å². The lowest BCUT2D eigenvalue weighted by atomic mass is 9.83. The second kappa shape index (κ2) is 11.1. The van der Waals surface area contributed by atoms with Crippen LogP contribution < -0.4 is 24.4 Å². The van der Waals surface area contributed by atoms with Gasteiger partial charge in [-0.15, -0.1) is 0 Å². The van der Waals surface area contributed by atoms with Gasteiger partial charge in [-0.2, -0.15) is 0 Å². The van der Waals surface area contributed by atoms with Crippen molar-refractivity contribution in [1.29, 1.82) is 0 Å². The number of aromatic nitrogens is 1. The number of aryl methyl sites for hydroxylation is 1. The van der Waals surface area contributed by atoms with Crippen LogP contribution in [0.15, 0.2) is 94.7 Å². The summed E-state index contributed by atoms with van der Waals surface area (Å²) in [6.07, 6.45) is 5.18. The van der Waals surface area contributed by atoms with E-state index in [1.807, 2.05) is 48.5 Å². The molecule has 1 aromatic heterocycles. The fraction of sp³-hybridized carbons (Fsp3) is 0.182. The first-order valence-electron chi connectivity index (χ1n) is 13.3. The highest BCUT2D eigenvalue weighted by atomic mass is 32.1. The molecule has 8 heteroatoms. The Bertz CT molecular complexity index is 1880. The molecule has 0 amide bonds. The van der Waals surface area contributed by atoms with E-state index >= 15 is 0 Å². The second-order valence-corrected chi connectivity index (χ2v) is 10.7.